The Kier molecular flexibility index (Phi) is 3.69. The molecule has 4 nitrogen and oxygen atoms in total. The summed E-state index contributed by atoms with van der Waals surface area (Å²) in [6, 6.07) is 15.9. The van der Waals surface area contributed by atoms with E-state index in [0.29, 0.717) is 21.7 Å². The van der Waals surface area contributed by atoms with E-state index in [4.69, 9.17) is 16.7 Å². The highest BCUT2D eigenvalue weighted by atomic mass is 35.5. The number of carbonyl (C=O) groups is 1. The van der Waals surface area contributed by atoms with E-state index in [2.05, 4.69) is 0 Å². The van der Waals surface area contributed by atoms with Crippen LogP contribution in [0.3, 0.4) is 0 Å². The first-order valence-corrected chi connectivity index (χ1v) is 7.05. The SMILES string of the molecule is O=C(O)Cn1c(-c2ccccc2Cl)cc2ccccc2c1=O. The fourth-order valence-corrected chi connectivity index (χ4v) is 2.71. The van der Waals surface area contributed by atoms with Gasteiger partial charge in [-0.2, -0.15) is 0 Å². The van der Waals surface area contributed by atoms with Crippen molar-refractivity contribution in [3.63, 3.8) is 0 Å². The van der Waals surface area contributed by atoms with Crippen molar-refractivity contribution in [2.75, 3.05) is 0 Å². The second-order valence-electron chi connectivity index (χ2n) is 4.88. The summed E-state index contributed by atoms with van der Waals surface area (Å²) in [7, 11) is 0. The van der Waals surface area contributed by atoms with Gasteiger partial charge in [0.1, 0.15) is 6.54 Å². The first kappa shape index (κ1) is 14.4. The number of pyridine rings is 1. The Morgan fingerprint density at radius 1 is 1.09 bits per heavy atom. The third-order valence-corrected chi connectivity index (χ3v) is 3.79. The number of rotatable bonds is 3. The third-order valence-electron chi connectivity index (χ3n) is 3.46. The van der Waals surface area contributed by atoms with Gasteiger partial charge in [0, 0.05) is 16.0 Å². The summed E-state index contributed by atoms with van der Waals surface area (Å²) in [6.45, 7) is -0.412. The summed E-state index contributed by atoms with van der Waals surface area (Å²) in [5.41, 5.74) is 0.792. The molecule has 110 valence electrons. The Morgan fingerprint density at radius 2 is 1.77 bits per heavy atom. The van der Waals surface area contributed by atoms with Gasteiger partial charge in [-0.3, -0.25) is 14.2 Å². The zero-order chi connectivity index (χ0) is 15.7. The van der Waals surface area contributed by atoms with Crippen LogP contribution < -0.4 is 5.56 Å². The minimum atomic E-state index is -1.08. The summed E-state index contributed by atoms with van der Waals surface area (Å²) >= 11 is 6.21. The molecule has 0 spiro atoms. The molecule has 0 unspecified atom stereocenters. The molecule has 3 rings (SSSR count). The van der Waals surface area contributed by atoms with E-state index in [1.807, 2.05) is 12.1 Å². The second-order valence-corrected chi connectivity index (χ2v) is 5.29. The summed E-state index contributed by atoms with van der Waals surface area (Å²) in [4.78, 5) is 23.8. The molecule has 0 aliphatic heterocycles. The molecule has 0 bridgehead atoms. The number of benzene rings is 2. The first-order chi connectivity index (χ1) is 10.6. The summed E-state index contributed by atoms with van der Waals surface area (Å²) in [5.74, 6) is -1.08. The number of fused-ring (bicyclic) bond motifs is 1. The molecule has 3 aromatic rings. The predicted molar refractivity (Wildman–Crippen MR) is 86.3 cm³/mol. The van der Waals surface area contributed by atoms with E-state index in [1.165, 1.54) is 4.57 Å². The molecular formula is C17H12ClNO3. The molecule has 5 heteroatoms. The van der Waals surface area contributed by atoms with Crippen molar-refractivity contribution in [1.82, 2.24) is 4.57 Å². The van der Waals surface area contributed by atoms with Gasteiger partial charge in [-0.25, -0.2) is 0 Å². The van der Waals surface area contributed by atoms with Gasteiger partial charge in [0.15, 0.2) is 0 Å². The standard InChI is InChI=1S/C17H12ClNO3/c18-14-8-4-3-7-13(14)15-9-11-5-1-2-6-12(11)17(22)19(15)10-16(20)21/h1-9H,10H2,(H,20,21). The molecule has 1 aromatic heterocycles. The largest absolute Gasteiger partial charge is 0.480 e. The molecule has 0 amide bonds. The lowest BCUT2D eigenvalue weighted by Gasteiger charge is -2.14. The number of hydrogen-bond acceptors (Lipinski definition) is 2. The summed E-state index contributed by atoms with van der Waals surface area (Å²) in [5, 5.41) is 10.8. The van der Waals surface area contributed by atoms with Crippen molar-refractivity contribution < 1.29 is 9.90 Å². The van der Waals surface area contributed by atoms with Crippen LogP contribution in [0.1, 0.15) is 0 Å². The molecule has 0 radical (unpaired) electrons. The Labute approximate surface area is 131 Å². The van der Waals surface area contributed by atoms with Crippen LogP contribution in [0.15, 0.2) is 59.4 Å². The molecule has 0 saturated heterocycles. The van der Waals surface area contributed by atoms with Crippen LogP contribution in [0.5, 0.6) is 0 Å². The number of nitrogens with zero attached hydrogens (tertiary/aromatic N) is 1. The number of halogens is 1. The van der Waals surface area contributed by atoms with Crippen LogP contribution in [0.4, 0.5) is 0 Å². The number of aliphatic carboxylic acids is 1. The van der Waals surface area contributed by atoms with Crippen LogP contribution in [0, 0.1) is 0 Å². The summed E-state index contributed by atoms with van der Waals surface area (Å²) < 4.78 is 1.24. The van der Waals surface area contributed by atoms with Gasteiger partial charge in [0.2, 0.25) is 0 Å². The van der Waals surface area contributed by atoms with E-state index in [-0.39, 0.29) is 5.56 Å². The average molecular weight is 314 g/mol. The van der Waals surface area contributed by atoms with Crippen molar-refractivity contribution in [3.05, 3.63) is 70.0 Å². The highest BCUT2D eigenvalue weighted by Crippen LogP contribution is 2.28. The van der Waals surface area contributed by atoms with Crippen molar-refractivity contribution in [1.29, 1.82) is 0 Å². The molecule has 0 aliphatic rings. The number of aromatic nitrogens is 1. The van der Waals surface area contributed by atoms with Gasteiger partial charge < -0.3 is 5.11 Å². The molecule has 1 N–H and O–H groups in total. The van der Waals surface area contributed by atoms with Crippen LogP contribution in [0.25, 0.3) is 22.0 Å². The molecule has 22 heavy (non-hydrogen) atoms. The Bertz CT molecular complexity index is 931. The molecule has 2 aromatic carbocycles. The van der Waals surface area contributed by atoms with E-state index >= 15 is 0 Å². The van der Waals surface area contributed by atoms with Gasteiger partial charge in [0.05, 0.1) is 5.69 Å². The molecule has 0 aliphatic carbocycles. The number of carboxylic acids is 1. The maximum absolute atomic E-state index is 12.6. The summed E-state index contributed by atoms with van der Waals surface area (Å²) in [6.07, 6.45) is 0. The fraction of sp³-hybridized carbons (Fsp3) is 0.0588. The van der Waals surface area contributed by atoms with Gasteiger partial charge >= 0.3 is 5.97 Å². The first-order valence-electron chi connectivity index (χ1n) is 6.67. The Balaban J connectivity index is 2.39. The lowest BCUT2D eigenvalue weighted by atomic mass is 10.1. The molecule has 0 atom stereocenters. The average Bonchev–Trinajstić information content (AvgIpc) is 2.50. The van der Waals surface area contributed by atoms with E-state index in [0.717, 1.165) is 5.39 Å². The third kappa shape index (κ3) is 2.49. The minimum Gasteiger partial charge on any atom is -0.480 e. The number of carboxylic acid groups (broad SMARTS) is 1. The highest BCUT2D eigenvalue weighted by Gasteiger charge is 2.14. The Morgan fingerprint density at radius 3 is 2.50 bits per heavy atom. The minimum absolute atomic E-state index is 0.338. The Hall–Kier alpha value is -2.59. The van der Waals surface area contributed by atoms with E-state index in [9.17, 15) is 9.59 Å². The van der Waals surface area contributed by atoms with Gasteiger partial charge in [-0.1, -0.05) is 48.0 Å². The maximum Gasteiger partial charge on any atom is 0.323 e. The smallest absolute Gasteiger partial charge is 0.323 e. The fourth-order valence-electron chi connectivity index (χ4n) is 2.48. The van der Waals surface area contributed by atoms with Crippen molar-refractivity contribution in [3.8, 4) is 11.3 Å². The zero-order valence-electron chi connectivity index (χ0n) is 11.5. The van der Waals surface area contributed by atoms with Gasteiger partial charge in [0.25, 0.3) is 5.56 Å². The molecular weight excluding hydrogens is 302 g/mol. The zero-order valence-corrected chi connectivity index (χ0v) is 12.2. The second kappa shape index (κ2) is 5.66. The van der Waals surface area contributed by atoms with Crippen molar-refractivity contribution in [2.45, 2.75) is 6.54 Å². The van der Waals surface area contributed by atoms with Crippen LogP contribution in [-0.4, -0.2) is 15.6 Å². The normalized spacial score (nSPS) is 10.8. The monoisotopic (exact) mass is 313 g/mol. The predicted octanol–water partition coefficient (Wildman–Crippen LogP) is 3.41. The lowest BCUT2D eigenvalue weighted by Crippen LogP contribution is -2.25. The topological polar surface area (TPSA) is 59.3 Å². The lowest BCUT2D eigenvalue weighted by molar-refractivity contribution is -0.137. The van der Waals surface area contributed by atoms with Crippen LogP contribution in [-0.2, 0) is 11.3 Å². The van der Waals surface area contributed by atoms with Crippen LogP contribution >= 0.6 is 11.6 Å². The van der Waals surface area contributed by atoms with Gasteiger partial charge in [-0.15, -0.1) is 0 Å². The van der Waals surface area contributed by atoms with E-state index < -0.39 is 12.5 Å². The van der Waals surface area contributed by atoms with Crippen molar-refractivity contribution in [2.24, 2.45) is 0 Å². The van der Waals surface area contributed by atoms with Crippen molar-refractivity contribution >= 4 is 28.3 Å². The molecule has 0 saturated carbocycles. The quantitative estimate of drug-likeness (QED) is 0.806. The van der Waals surface area contributed by atoms with Crippen LogP contribution in [0.2, 0.25) is 5.02 Å². The van der Waals surface area contributed by atoms with E-state index in [1.54, 1.807) is 42.5 Å². The highest BCUT2D eigenvalue weighted by molar-refractivity contribution is 6.33. The molecule has 0 fully saturated rings. The van der Waals surface area contributed by atoms with Gasteiger partial charge in [-0.05, 0) is 23.6 Å². The maximum atomic E-state index is 12.6. The number of hydrogen-bond donors (Lipinski definition) is 1. The molecule has 1 heterocycles.